The fourth-order valence-electron chi connectivity index (χ4n) is 3.28. The lowest BCUT2D eigenvalue weighted by Gasteiger charge is -2.40. The number of pyridine rings is 1. The molecular weight excluding hydrogens is 334 g/mol. The zero-order valence-electron chi connectivity index (χ0n) is 14.8. The minimum atomic E-state index is -3.26. The van der Waals surface area contributed by atoms with Crippen LogP contribution in [0.2, 0.25) is 0 Å². The van der Waals surface area contributed by atoms with Crippen LogP contribution in [0.15, 0.2) is 48.7 Å². The molecule has 1 aliphatic heterocycles. The van der Waals surface area contributed by atoms with Crippen molar-refractivity contribution in [2.75, 3.05) is 30.3 Å². The predicted molar refractivity (Wildman–Crippen MR) is 101 cm³/mol. The average molecular weight is 359 g/mol. The molecule has 6 heteroatoms. The quantitative estimate of drug-likeness (QED) is 0.823. The van der Waals surface area contributed by atoms with Crippen molar-refractivity contribution >= 4 is 15.7 Å². The van der Waals surface area contributed by atoms with E-state index in [-0.39, 0.29) is 11.8 Å². The maximum Gasteiger partial charge on any atom is 0.214 e. The Morgan fingerprint density at radius 3 is 2.68 bits per heavy atom. The molecule has 134 valence electrons. The van der Waals surface area contributed by atoms with Crippen molar-refractivity contribution in [2.24, 2.45) is 0 Å². The van der Waals surface area contributed by atoms with Crippen LogP contribution in [0.5, 0.6) is 0 Å². The highest BCUT2D eigenvalue weighted by Gasteiger charge is 2.31. The number of hydrogen-bond acceptors (Lipinski definition) is 4. The number of anilines is 1. The molecule has 0 N–H and O–H groups in total. The summed E-state index contributed by atoms with van der Waals surface area (Å²) in [6.07, 6.45) is 2.15. The van der Waals surface area contributed by atoms with Gasteiger partial charge < -0.3 is 4.90 Å². The lowest BCUT2D eigenvalue weighted by molar-refractivity contribution is 0.342. The van der Waals surface area contributed by atoms with Crippen LogP contribution in [-0.2, 0) is 16.4 Å². The summed E-state index contributed by atoms with van der Waals surface area (Å²) < 4.78 is 27.0. The van der Waals surface area contributed by atoms with Crippen molar-refractivity contribution in [1.82, 2.24) is 9.29 Å². The largest absolute Gasteiger partial charge is 0.366 e. The topological polar surface area (TPSA) is 53.5 Å². The van der Waals surface area contributed by atoms with E-state index in [0.29, 0.717) is 26.1 Å². The summed E-state index contributed by atoms with van der Waals surface area (Å²) >= 11 is 0. The Morgan fingerprint density at radius 1 is 1.16 bits per heavy atom. The van der Waals surface area contributed by atoms with Gasteiger partial charge in [0.15, 0.2) is 0 Å². The minimum absolute atomic E-state index is 0.112. The van der Waals surface area contributed by atoms with Gasteiger partial charge in [-0.15, -0.1) is 0 Å². The second kappa shape index (κ2) is 7.54. The summed E-state index contributed by atoms with van der Waals surface area (Å²) in [4.78, 5) is 6.50. The molecule has 25 heavy (non-hydrogen) atoms. The minimum Gasteiger partial charge on any atom is -0.366 e. The third-order valence-electron chi connectivity index (χ3n) is 4.66. The summed E-state index contributed by atoms with van der Waals surface area (Å²) in [5.41, 5.74) is 3.20. The van der Waals surface area contributed by atoms with E-state index < -0.39 is 10.0 Å². The van der Waals surface area contributed by atoms with Crippen LogP contribution in [0.3, 0.4) is 0 Å². The van der Waals surface area contributed by atoms with Crippen molar-refractivity contribution in [3.8, 4) is 0 Å². The normalized spacial score (nSPS) is 19.1. The van der Waals surface area contributed by atoms with Crippen molar-refractivity contribution < 1.29 is 8.42 Å². The number of benzene rings is 1. The second-order valence-electron chi connectivity index (χ2n) is 6.63. The van der Waals surface area contributed by atoms with Gasteiger partial charge in [0.25, 0.3) is 0 Å². The number of sulfonamides is 1. The van der Waals surface area contributed by atoms with E-state index in [2.05, 4.69) is 41.9 Å². The lowest BCUT2D eigenvalue weighted by atomic mass is 10.1. The highest BCUT2D eigenvalue weighted by molar-refractivity contribution is 7.89. The number of rotatable bonds is 5. The molecule has 1 atom stereocenters. The van der Waals surface area contributed by atoms with Gasteiger partial charge in [-0.3, -0.25) is 4.98 Å². The van der Waals surface area contributed by atoms with Gasteiger partial charge in [-0.1, -0.05) is 18.2 Å². The van der Waals surface area contributed by atoms with Crippen molar-refractivity contribution in [2.45, 2.75) is 26.3 Å². The third kappa shape index (κ3) is 4.38. The molecule has 0 radical (unpaired) electrons. The van der Waals surface area contributed by atoms with Gasteiger partial charge >= 0.3 is 0 Å². The van der Waals surface area contributed by atoms with E-state index in [1.54, 1.807) is 10.5 Å². The van der Waals surface area contributed by atoms with Gasteiger partial charge in [-0.25, -0.2) is 8.42 Å². The molecular formula is C19H25N3O2S. The number of aryl methyl sites for hydroxylation is 2. The lowest BCUT2D eigenvalue weighted by Crippen LogP contribution is -2.54. The maximum atomic E-state index is 12.7. The molecule has 2 heterocycles. The van der Waals surface area contributed by atoms with Crippen LogP contribution in [0, 0.1) is 6.92 Å². The average Bonchev–Trinajstić information content (AvgIpc) is 2.61. The zero-order chi connectivity index (χ0) is 17.9. The van der Waals surface area contributed by atoms with Crippen LogP contribution in [0.25, 0.3) is 0 Å². The Morgan fingerprint density at radius 2 is 2.00 bits per heavy atom. The summed E-state index contributed by atoms with van der Waals surface area (Å²) in [6, 6.07) is 14.1. The maximum absolute atomic E-state index is 12.7. The smallest absolute Gasteiger partial charge is 0.214 e. The number of aromatic nitrogens is 1. The fraction of sp³-hybridized carbons (Fsp3) is 0.421. The first-order valence-electron chi connectivity index (χ1n) is 8.67. The molecule has 0 spiro atoms. The van der Waals surface area contributed by atoms with Crippen LogP contribution in [0.1, 0.15) is 18.2 Å². The van der Waals surface area contributed by atoms with E-state index in [1.807, 2.05) is 24.3 Å². The number of hydrogen-bond donors (Lipinski definition) is 0. The third-order valence-corrected chi connectivity index (χ3v) is 6.50. The number of piperazine rings is 1. The number of nitrogens with zero attached hydrogens (tertiary/aromatic N) is 3. The summed E-state index contributed by atoms with van der Waals surface area (Å²) in [5, 5.41) is 0. The van der Waals surface area contributed by atoms with Crippen LogP contribution < -0.4 is 4.90 Å². The highest BCUT2D eigenvalue weighted by atomic mass is 32.2. The van der Waals surface area contributed by atoms with Crippen molar-refractivity contribution in [1.29, 1.82) is 0 Å². The standard InChI is InChI=1S/C19H25N3O2S/c1-16-6-5-8-19(14-16)22-12-11-21(15-17(22)2)25(23,24)13-9-18-7-3-4-10-20-18/h3-8,10,14,17H,9,11-13,15H2,1-2H3. The molecule has 1 unspecified atom stereocenters. The Bertz CT molecular complexity index is 808. The second-order valence-corrected chi connectivity index (χ2v) is 8.71. The van der Waals surface area contributed by atoms with Gasteiger partial charge in [0.2, 0.25) is 10.0 Å². The monoisotopic (exact) mass is 359 g/mol. The van der Waals surface area contributed by atoms with Gasteiger partial charge in [-0.05, 0) is 43.7 Å². The predicted octanol–water partition coefficient (Wildman–Crippen LogP) is 2.47. The van der Waals surface area contributed by atoms with E-state index in [9.17, 15) is 8.42 Å². The molecule has 0 aliphatic carbocycles. The Kier molecular flexibility index (Phi) is 5.39. The Labute approximate surface area is 150 Å². The molecule has 1 aliphatic rings. The van der Waals surface area contributed by atoms with Crippen molar-refractivity contribution in [3.05, 3.63) is 59.9 Å². The first-order valence-corrected chi connectivity index (χ1v) is 10.3. The molecule has 0 bridgehead atoms. The Hall–Kier alpha value is -1.92. The molecule has 1 saturated heterocycles. The van der Waals surface area contributed by atoms with Crippen molar-refractivity contribution in [3.63, 3.8) is 0 Å². The van der Waals surface area contributed by atoms with Crippen LogP contribution in [-0.4, -0.2) is 49.1 Å². The van der Waals surface area contributed by atoms with E-state index in [1.165, 1.54) is 5.56 Å². The SMILES string of the molecule is Cc1cccc(N2CCN(S(=O)(=O)CCc3ccccn3)CC2C)c1. The van der Waals surface area contributed by atoms with E-state index >= 15 is 0 Å². The first kappa shape index (κ1) is 17.9. The van der Waals surface area contributed by atoms with E-state index in [0.717, 1.165) is 11.4 Å². The molecule has 1 aromatic carbocycles. The highest BCUT2D eigenvalue weighted by Crippen LogP contribution is 2.23. The summed E-state index contributed by atoms with van der Waals surface area (Å²) in [5.74, 6) is 0.112. The van der Waals surface area contributed by atoms with Crippen LogP contribution >= 0.6 is 0 Å². The molecule has 2 aromatic rings. The summed E-state index contributed by atoms with van der Waals surface area (Å²) in [6.45, 7) is 5.93. The molecule has 3 rings (SSSR count). The molecule has 0 amide bonds. The van der Waals surface area contributed by atoms with Gasteiger partial charge in [0.05, 0.1) is 5.75 Å². The van der Waals surface area contributed by atoms with E-state index in [4.69, 9.17) is 0 Å². The van der Waals surface area contributed by atoms with Gasteiger partial charge in [-0.2, -0.15) is 4.31 Å². The fourth-order valence-corrected chi connectivity index (χ4v) is 4.80. The zero-order valence-corrected chi connectivity index (χ0v) is 15.6. The molecule has 5 nitrogen and oxygen atoms in total. The molecule has 1 aromatic heterocycles. The molecule has 0 saturated carbocycles. The Balaban J connectivity index is 1.63. The van der Waals surface area contributed by atoms with Gasteiger partial charge in [0, 0.05) is 49.7 Å². The first-order chi connectivity index (χ1) is 12.0. The van der Waals surface area contributed by atoms with Crippen LogP contribution in [0.4, 0.5) is 5.69 Å². The summed E-state index contributed by atoms with van der Waals surface area (Å²) in [7, 11) is -3.26. The molecule has 1 fully saturated rings. The van der Waals surface area contributed by atoms with Gasteiger partial charge in [0.1, 0.15) is 0 Å².